The van der Waals surface area contributed by atoms with Crippen LogP contribution in [0.25, 0.3) is 0 Å². The molecule has 2 unspecified atom stereocenters. The Labute approximate surface area is 175 Å². The standard InChI is InChI=1S/C20H20F2N4O3S/c21-12-5-6-15(14(22)9-12)24-17(27)11-25-16-4-1-7-23-18(16)19(28)26(20(25)29)10-13-3-2-8-30-13/h2-3,5-6,8-9,16,18,23H,1,4,7,10-11H2,(H,24,27). The summed E-state index contributed by atoms with van der Waals surface area (Å²) in [6.07, 6.45) is 1.34. The summed E-state index contributed by atoms with van der Waals surface area (Å²) >= 11 is 1.43. The second kappa shape index (κ2) is 8.49. The molecule has 7 nitrogen and oxygen atoms in total. The van der Waals surface area contributed by atoms with Crippen LogP contribution in [0.3, 0.4) is 0 Å². The van der Waals surface area contributed by atoms with Gasteiger partial charge in [-0.1, -0.05) is 6.07 Å². The zero-order chi connectivity index (χ0) is 21.3. The first-order chi connectivity index (χ1) is 14.4. The molecule has 2 fully saturated rings. The number of urea groups is 1. The first kappa shape index (κ1) is 20.4. The number of thiophene rings is 1. The third kappa shape index (κ3) is 4.05. The quantitative estimate of drug-likeness (QED) is 0.758. The first-order valence-corrected chi connectivity index (χ1v) is 10.4. The Bertz CT molecular complexity index is 969. The van der Waals surface area contributed by atoms with Gasteiger partial charge in [0.2, 0.25) is 11.8 Å². The molecule has 2 saturated heterocycles. The van der Waals surface area contributed by atoms with Gasteiger partial charge in [-0.15, -0.1) is 11.3 Å². The fourth-order valence-corrected chi connectivity index (χ4v) is 4.54. The predicted octanol–water partition coefficient (Wildman–Crippen LogP) is 2.55. The molecule has 158 valence electrons. The van der Waals surface area contributed by atoms with Crippen LogP contribution in [0.15, 0.2) is 35.7 Å². The zero-order valence-corrected chi connectivity index (χ0v) is 16.8. The number of hydrogen-bond acceptors (Lipinski definition) is 5. The number of halogens is 2. The van der Waals surface area contributed by atoms with Crippen LogP contribution in [0.2, 0.25) is 0 Å². The van der Waals surface area contributed by atoms with Gasteiger partial charge < -0.3 is 15.5 Å². The molecule has 0 radical (unpaired) electrons. The molecule has 2 aliphatic rings. The number of nitrogens with one attached hydrogen (secondary N) is 2. The monoisotopic (exact) mass is 434 g/mol. The summed E-state index contributed by atoms with van der Waals surface area (Å²) in [6, 6.07) is 4.90. The van der Waals surface area contributed by atoms with E-state index in [0.717, 1.165) is 28.3 Å². The van der Waals surface area contributed by atoms with Crippen molar-refractivity contribution < 1.29 is 23.2 Å². The van der Waals surface area contributed by atoms with Crippen LogP contribution < -0.4 is 10.6 Å². The summed E-state index contributed by atoms with van der Waals surface area (Å²) in [6.45, 7) is 0.437. The van der Waals surface area contributed by atoms with Crippen molar-refractivity contribution >= 4 is 34.9 Å². The minimum atomic E-state index is -0.903. The summed E-state index contributed by atoms with van der Waals surface area (Å²) in [4.78, 5) is 42.0. The molecular weight excluding hydrogens is 414 g/mol. The van der Waals surface area contributed by atoms with Crippen LogP contribution in [0, 0.1) is 11.6 Å². The highest BCUT2D eigenvalue weighted by atomic mass is 32.1. The van der Waals surface area contributed by atoms with E-state index >= 15 is 0 Å². The van der Waals surface area contributed by atoms with E-state index in [4.69, 9.17) is 0 Å². The third-order valence-electron chi connectivity index (χ3n) is 5.25. The second-order valence-electron chi connectivity index (χ2n) is 7.23. The molecule has 0 saturated carbocycles. The normalized spacial score (nSPS) is 21.5. The molecule has 2 aliphatic heterocycles. The lowest BCUT2D eigenvalue weighted by molar-refractivity contribution is -0.138. The maximum Gasteiger partial charge on any atom is 0.327 e. The molecule has 0 bridgehead atoms. The van der Waals surface area contributed by atoms with Gasteiger partial charge in [0.25, 0.3) is 0 Å². The molecule has 4 rings (SSSR count). The molecule has 2 atom stereocenters. The van der Waals surface area contributed by atoms with Gasteiger partial charge in [-0.3, -0.25) is 14.5 Å². The third-order valence-corrected chi connectivity index (χ3v) is 6.11. The number of carbonyl (C=O) groups excluding carboxylic acids is 3. The minimum absolute atomic E-state index is 0.130. The van der Waals surface area contributed by atoms with Crippen molar-refractivity contribution in [1.29, 1.82) is 0 Å². The first-order valence-electron chi connectivity index (χ1n) is 9.56. The van der Waals surface area contributed by atoms with Gasteiger partial charge in [0.1, 0.15) is 24.2 Å². The SMILES string of the molecule is O=C(CN1C(=O)N(Cc2cccs2)C(=O)C2NCCCC21)Nc1ccc(F)cc1F. The van der Waals surface area contributed by atoms with Crippen molar-refractivity contribution in [3.63, 3.8) is 0 Å². The molecule has 2 N–H and O–H groups in total. The number of imide groups is 1. The second-order valence-corrected chi connectivity index (χ2v) is 8.26. The maximum atomic E-state index is 13.9. The minimum Gasteiger partial charge on any atom is -0.322 e. The summed E-state index contributed by atoms with van der Waals surface area (Å²) in [5.74, 6) is -2.58. The van der Waals surface area contributed by atoms with Crippen LogP contribution in [0.1, 0.15) is 17.7 Å². The Morgan fingerprint density at radius 2 is 2.10 bits per heavy atom. The van der Waals surface area contributed by atoms with E-state index in [1.54, 1.807) is 0 Å². The number of piperidine rings is 1. The van der Waals surface area contributed by atoms with E-state index in [1.165, 1.54) is 16.2 Å². The van der Waals surface area contributed by atoms with E-state index in [2.05, 4.69) is 10.6 Å². The fraction of sp³-hybridized carbons (Fsp3) is 0.350. The lowest BCUT2D eigenvalue weighted by Gasteiger charge is -2.46. The Kier molecular flexibility index (Phi) is 5.78. The van der Waals surface area contributed by atoms with Crippen LogP contribution >= 0.6 is 11.3 Å². The highest BCUT2D eigenvalue weighted by Gasteiger charge is 2.47. The van der Waals surface area contributed by atoms with Crippen LogP contribution in [0.5, 0.6) is 0 Å². The van der Waals surface area contributed by atoms with Crippen molar-refractivity contribution in [3.8, 4) is 0 Å². The van der Waals surface area contributed by atoms with E-state index < -0.39 is 35.7 Å². The number of fused-ring (bicyclic) bond motifs is 1. The molecule has 1 aromatic heterocycles. The Balaban J connectivity index is 1.53. The number of nitrogens with zero attached hydrogens (tertiary/aromatic N) is 2. The smallest absolute Gasteiger partial charge is 0.322 e. The van der Waals surface area contributed by atoms with Gasteiger partial charge in [-0.25, -0.2) is 13.6 Å². The molecular formula is C20H20F2N4O3S. The van der Waals surface area contributed by atoms with E-state index in [1.807, 2.05) is 17.5 Å². The summed E-state index contributed by atoms with van der Waals surface area (Å²) < 4.78 is 26.9. The summed E-state index contributed by atoms with van der Waals surface area (Å²) in [5.41, 5.74) is -0.171. The number of benzene rings is 1. The van der Waals surface area contributed by atoms with Crippen LogP contribution in [-0.2, 0) is 16.1 Å². The lowest BCUT2D eigenvalue weighted by atomic mass is 9.93. The van der Waals surface area contributed by atoms with E-state index in [0.29, 0.717) is 19.0 Å². The van der Waals surface area contributed by atoms with E-state index in [9.17, 15) is 23.2 Å². The lowest BCUT2D eigenvalue weighted by Crippen LogP contribution is -2.69. The molecule has 10 heteroatoms. The number of anilines is 1. The van der Waals surface area contributed by atoms with Gasteiger partial charge in [-0.05, 0) is 43.0 Å². The van der Waals surface area contributed by atoms with Crippen molar-refractivity contribution in [2.24, 2.45) is 0 Å². The number of carbonyl (C=O) groups is 3. The topological polar surface area (TPSA) is 81.8 Å². The summed E-state index contributed by atoms with van der Waals surface area (Å²) in [5, 5.41) is 7.39. The average molecular weight is 434 g/mol. The molecule has 30 heavy (non-hydrogen) atoms. The maximum absolute atomic E-state index is 13.9. The Morgan fingerprint density at radius 3 is 2.83 bits per heavy atom. The van der Waals surface area contributed by atoms with Gasteiger partial charge >= 0.3 is 6.03 Å². The average Bonchev–Trinajstić information content (AvgIpc) is 3.24. The van der Waals surface area contributed by atoms with Crippen molar-refractivity contribution in [2.45, 2.75) is 31.5 Å². The Morgan fingerprint density at radius 1 is 1.27 bits per heavy atom. The highest BCUT2D eigenvalue weighted by molar-refractivity contribution is 7.09. The van der Waals surface area contributed by atoms with Crippen molar-refractivity contribution in [2.75, 3.05) is 18.4 Å². The molecule has 4 amide bonds. The van der Waals surface area contributed by atoms with Gasteiger partial charge in [0.15, 0.2) is 0 Å². The van der Waals surface area contributed by atoms with Crippen molar-refractivity contribution in [1.82, 2.24) is 15.1 Å². The van der Waals surface area contributed by atoms with Crippen LogP contribution in [-0.4, -0.2) is 52.8 Å². The van der Waals surface area contributed by atoms with Gasteiger partial charge in [0, 0.05) is 10.9 Å². The van der Waals surface area contributed by atoms with Gasteiger partial charge in [-0.2, -0.15) is 0 Å². The predicted molar refractivity (Wildman–Crippen MR) is 107 cm³/mol. The molecule has 0 spiro atoms. The molecule has 0 aliphatic carbocycles. The highest BCUT2D eigenvalue weighted by Crippen LogP contribution is 2.27. The molecule has 3 heterocycles. The largest absolute Gasteiger partial charge is 0.327 e. The Hall–Kier alpha value is -2.85. The molecule has 1 aromatic carbocycles. The number of rotatable bonds is 5. The van der Waals surface area contributed by atoms with E-state index in [-0.39, 0.29) is 24.7 Å². The van der Waals surface area contributed by atoms with Crippen LogP contribution in [0.4, 0.5) is 19.3 Å². The summed E-state index contributed by atoms with van der Waals surface area (Å²) in [7, 11) is 0. The molecule has 2 aromatic rings. The number of hydrogen-bond donors (Lipinski definition) is 2. The zero-order valence-electron chi connectivity index (χ0n) is 15.9. The number of amides is 4. The van der Waals surface area contributed by atoms with Crippen molar-refractivity contribution in [3.05, 3.63) is 52.2 Å². The fourth-order valence-electron chi connectivity index (χ4n) is 3.84. The van der Waals surface area contributed by atoms with Gasteiger partial charge in [0.05, 0.1) is 18.3 Å².